The standard InChI is InChI=1S/C24H28N2O7S/c1-32-24(31)20-16-9-3-2-4-10-17(16)34-21(20)25-18(27)13-33-19(28)11-12-26-22(29)14-7-5-6-8-15(14)23(26)30/h5-6,14-15H,2-4,7-13H2,1H3,(H,25,27)/t14-,15+. The average molecular weight is 489 g/mol. The highest BCUT2D eigenvalue weighted by molar-refractivity contribution is 7.17. The summed E-state index contributed by atoms with van der Waals surface area (Å²) in [5.74, 6) is -2.94. The molecule has 0 spiro atoms. The van der Waals surface area contributed by atoms with Gasteiger partial charge in [-0.25, -0.2) is 4.79 Å². The first-order chi connectivity index (χ1) is 16.4. The first-order valence-electron chi connectivity index (χ1n) is 11.6. The van der Waals surface area contributed by atoms with Crippen molar-refractivity contribution in [2.75, 3.05) is 25.6 Å². The number of nitrogens with one attached hydrogen (secondary N) is 1. The number of rotatable bonds is 7. The maximum atomic E-state index is 12.5. The van der Waals surface area contributed by atoms with E-state index >= 15 is 0 Å². The van der Waals surface area contributed by atoms with Crippen molar-refractivity contribution in [3.63, 3.8) is 0 Å². The van der Waals surface area contributed by atoms with Crippen molar-refractivity contribution >= 4 is 46.0 Å². The maximum Gasteiger partial charge on any atom is 0.341 e. The van der Waals surface area contributed by atoms with E-state index in [1.54, 1.807) is 0 Å². The van der Waals surface area contributed by atoms with Crippen LogP contribution >= 0.6 is 11.3 Å². The molecule has 9 nitrogen and oxygen atoms in total. The van der Waals surface area contributed by atoms with E-state index in [-0.39, 0.29) is 36.6 Å². The molecule has 1 N–H and O–H groups in total. The first kappa shape index (κ1) is 24.1. The van der Waals surface area contributed by atoms with E-state index in [2.05, 4.69) is 5.32 Å². The Labute approximate surface area is 201 Å². The van der Waals surface area contributed by atoms with Gasteiger partial charge in [-0.15, -0.1) is 11.3 Å². The van der Waals surface area contributed by atoms with Gasteiger partial charge in [-0.2, -0.15) is 0 Å². The number of amides is 3. The molecule has 182 valence electrons. The summed E-state index contributed by atoms with van der Waals surface area (Å²) in [6.07, 6.45) is 9.39. The summed E-state index contributed by atoms with van der Waals surface area (Å²) in [5, 5.41) is 3.09. The highest BCUT2D eigenvalue weighted by atomic mass is 32.1. The van der Waals surface area contributed by atoms with Crippen LogP contribution in [0.3, 0.4) is 0 Å². The van der Waals surface area contributed by atoms with Crippen molar-refractivity contribution in [2.45, 2.75) is 51.4 Å². The van der Waals surface area contributed by atoms with E-state index < -0.39 is 24.5 Å². The largest absolute Gasteiger partial charge is 0.465 e. The Morgan fingerprint density at radius 2 is 1.74 bits per heavy atom. The normalized spacial score (nSPS) is 21.5. The summed E-state index contributed by atoms with van der Waals surface area (Å²) in [5.41, 5.74) is 1.31. The van der Waals surface area contributed by atoms with Crippen LogP contribution in [0.4, 0.5) is 5.00 Å². The third-order valence-electron chi connectivity index (χ3n) is 6.57. The Morgan fingerprint density at radius 1 is 1.06 bits per heavy atom. The Hall–Kier alpha value is -3.01. The van der Waals surface area contributed by atoms with Crippen LogP contribution in [0.1, 0.15) is 59.3 Å². The second-order valence-electron chi connectivity index (χ2n) is 8.70. The van der Waals surface area contributed by atoms with Crippen molar-refractivity contribution in [2.24, 2.45) is 11.8 Å². The molecule has 3 aliphatic rings. The Morgan fingerprint density at radius 3 is 2.41 bits per heavy atom. The van der Waals surface area contributed by atoms with Gasteiger partial charge in [0.1, 0.15) is 5.00 Å². The lowest BCUT2D eigenvalue weighted by atomic mass is 9.85. The van der Waals surface area contributed by atoms with Crippen LogP contribution in [0, 0.1) is 11.8 Å². The molecule has 34 heavy (non-hydrogen) atoms. The van der Waals surface area contributed by atoms with Gasteiger partial charge in [0.15, 0.2) is 6.61 Å². The minimum absolute atomic E-state index is 0.0603. The van der Waals surface area contributed by atoms with Crippen LogP contribution in [0.25, 0.3) is 0 Å². The van der Waals surface area contributed by atoms with Gasteiger partial charge in [-0.1, -0.05) is 18.6 Å². The van der Waals surface area contributed by atoms with E-state index in [0.717, 1.165) is 47.4 Å². The van der Waals surface area contributed by atoms with Crippen LogP contribution < -0.4 is 5.32 Å². The molecular weight excluding hydrogens is 460 g/mol. The first-order valence-corrected chi connectivity index (χ1v) is 12.4. The summed E-state index contributed by atoms with van der Waals surface area (Å²) in [6, 6.07) is 0. The van der Waals surface area contributed by atoms with Gasteiger partial charge in [0, 0.05) is 11.4 Å². The quantitative estimate of drug-likeness (QED) is 0.271. The molecule has 1 aliphatic heterocycles. The molecule has 4 rings (SSSR count). The molecule has 10 heteroatoms. The average Bonchev–Trinajstić information content (AvgIpc) is 3.17. The zero-order chi connectivity index (χ0) is 24.2. The third-order valence-corrected chi connectivity index (χ3v) is 7.77. The number of anilines is 1. The van der Waals surface area contributed by atoms with Crippen LogP contribution in [0.15, 0.2) is 12.2 Å². The molecule has 0 radical (unpaired) electrons. The minimum atomic E-state index is -0.682. The Bertz CT molecular complexity index is 1020. The van der Waals surface area contributed by atoms with Crippen molar-refractivity contribution in [1.29, 1.82) is 0 Å². The molecule has 1 saturated heterocycles. The number of esters is 2. The summed E-state index contributed by atoms with van der Waals surface area (Å²) in [7, 11) is 1.30. The Balaban J connectivity index is 1.30. The predicted molar refractivity (Wildman–Crippen MR) is 123 cm³/mol. The second kappa shape index (κ2) is 10.5. The number of thiophene rings is 1. The topological polar surface area (TPSA) is 119 Å². The SMILES string of the molecule is COC(=O)c1c(NC(=O)COC(=O)CCN2C(=O)[C@H]3CC=CC[C@H]3C2=O)sc2c1CCCCC2. The van der Waals surface area contributed by atoms with E-state index in [1.807, 2.05) is 12.2 Å². The number of methoxy groups -OCH3 is 1. The summed E-state index contributed by atoms with van der Waals surface area (Å²) in [4.78, 5) is 64.1. The molecule has 3 amide bonds. The van der Waals surface area contributed by atoms with Crippen molar-refractivity contribution in [3.05, 3.63) is 28.2 Å². The molecule has 2 heterocycles. The zero-order valence-electron chi connectivity index (χ0n) is 19.1. The van der Waals surface area contributed by atoms with Crippen LogP contribution in [-0.4, -0.2) is 54.8 Å². The Kier molecular flexibility index (Phi) is 7.45. The minimum Gasteiger partial charge on any atom is -0.465 e. The van der Waals surface area contributed by atoms with Crippen LogP contribution in [0.2, 0.25) is 0 Å². The number of imide groups is 1. The molecule has 0 bridgehead atoms. The number of nitrogens with zero attached hydrogens (tertiary/aromatic N) is 1. The van der Waals surface area contributed by atoms with E-state index in [9.17, 15) is 24.0 Å². The zero-order valence-corrected chi connectivity index (χ0v) is 19.9. The molecule has 1 fully saturated rings. The molecule has 0 aromatic carbocycles. The molecule has 2 atom stereocenters. The van der Waals surface area contributed by atoms with Crippen LogP contribution in [-0.2, 0) is 41.5 Å². The molecule has 1 aromatic rings. The number of fused-ring (bicyclic) bond motifs is 2. The monoisotopic (exact) mass is 488 g/mol. The number of ether oxygens (including phenoxy) is 2. The summed E-state index contributed by atoms with van der Waals surface area (Å²) < 4.78 is 9.97. The van der Waals surface area contributed by atoms with Gasteiger partial charge in [0.25, 0.3) is 5.91 Å². The lowest BCUT2D eigenvalue weighted by Gasteiger charge is -2.14. The number of hydrogen-bond acceptors (Lipinski definition) is 8. The molecule has 0 unspecified atom stereocenters. The van der Waals surface area contributed by atoms with Crippen molar-refractivity contribution in [3.8, 4) is 0 Å². The fourth-order valence-electron chi connectivity index (χ4n) is 4.82. The molecule has 0 saturated carbocycles. The lowest BCUT2D eigenvalue weighted by molar-refractivity contribution is -0.148. The highest BCUT2D eigenvalue weighted by Gasteiger charge is 2.47. The lowest BCUT2D eigenvalue weighted by Crippen LogP contribution is -2.33. The van der Waals surface area contributed by atoms with Gasteiger partial charge in [0.05, 0.1) is 30.9 Å². The predicted octanol–water partition coefficient (Wildman–Crippen LogP) is 2.63. The van der Waals surface area contributed by atoms with Crippen molar-refractivity contribution in [1.82, 2.24) is 4.90 Å². The van der Waals surface area contributed by atoms with Crippen molar-refractivity contribution < 1.29 is 33.4 Å². The van der Waals surface area contributed by atoms with E-state index in [1.165, 1.54) is 18.4 Å². The fourth-order valence-corrected chi connectivity index (χ4v) is 6.12. The van der Waals surface area contributed by atoms with Gasteiger partial charge >= 0.3 is 11.9 Å². The van der Waals surface area contributed by atoms with Crippen LogP contribution in [0.5, 0.6) is 0 Å². The van der Waals surface area contributed by atoms with E-state index in [4.69, 9.17) is 9.47 Å². The second-order valence-corrected chi connectivity index (χ2v) is 9.81. The smallest absolute Gasteiger partial charge is 0.341 e. The van der Waals surface area contributed by atoms with E-state index in [0.29, 0.717) is 23.4 Å². The molecular formula is C24H28N2O7S. The summed E-state index contributed by atoms with van der Waals surface area (Å²) in [6.45, 7) is -0.589. The number of allylic oxidation sites excluding steroid dienone is 2. The van der Waals surface area contributed by atoms with Gasteiger partial charge in [-0.05, 0) is 44.1 Å². The third kappa shape index (κ3) is 4.91. The molecule has 1 aromatic heterocycles. The van der Waals surface area contributed by atoms with Gasteiger partial charge in [-0.3, -0.25) is 24.1 Å². The number of carbonyl (C=O) groups excluding carboxylic acids is 5. The molecule has 2 aliphatic carbocycles. The van der Waals surface area contributed by atoms with Gasteiger partial charge in [0.2, 0.25) is 11.8 Å². The number of carbonyl (C=O) groups is 5. The maximum absolute atomic E-state index is 12.5. The number of likely N-dealkylation sites (tertiary alicyclic amines) is 1. The number of aryl methyl sites for hydroxylation is 1. The number of hydrogen-bond donors (Lipinski definition) is 1. The fraction of sp³-hybridized carbons (Fsp3) is 0.542. The van der Waals surface area contributed by atoms with Gasteiger partial charge < -0.3 is 14.8 Å². The summed E-state index contributed by atoms with van der Waals surface area (Å²) >= 11 is 1.36. The highest BCUT2D eigenvalue weighted by Crippen LogP contribution is 2.38.